The van der Waals surface area contributed by atoms with Gasteiger partial charge in [0.15, 0.2) is 0 Å². The summed E-state index contributed by atoms with van der Waals surface area (Å²) in [6.45, 7) is 7.69. The normalized spacial score (nSPS) is 20.7. The largest absolute Gasteiger partial charge is 0.462 e. The van der Waals surface area contributed by atoms with E-state index < -0.39 is 0 Å². The Bertz CT molecular complexity index is 593. The van der Waals surface area contributed by atoms with Gasteiger partial charge in [-0.1, -0.05) is 17.7 Å². The number of nitrogens with zero attached hydrogens (tertiary/aromatic N) is 2. The van der Waals surface area contributed by atoms with Crippen LogP contribution in [0.4, 0.5) is 0 Å². The summed E-state index contributed by atoms with van der Waals surface area (Å²) >= 11 is 0. The van der Waals surface area contributed by atoms with E-state index in [-0.39, 0.29) is 5.91 Å². The zero-order valence-corrected chi connectivity index (χ0v) is 16.5. The van der Waals surface area contributed by atoms with Gasteiger partial charge in [0.25, 0.3) is 11.9 Å². The maximum atomic E-state index is 12.6. The van der Waals surface area contributed by atoms with Gasteiger partial charge in [-0.25, -0.2) is 0 Å². The summed E-state index contributed by atoms with van der Waals surface area (Å²) in [6.07, 6.45) is 2.13. The van der Waals surface area contributed by atoms with Gasteiger partial charge in [0.1, 0.15) is 6.61 Å². The van der Waals surface area contributed by atoms with Gasteiger partial charge in [0.2, 0.25) is 0 Å². The molecule has 0 unspecified atom stereocenters. The van der Waals surface area contributed by atoms with E-state index in [1.807, 2.05) is 37.9 Å². The van der Waals surface area contributed by atoms with E-state index in [1.54, 1.807) is 17.0 Å². The second-order valence-corrected chi connectivity index (χ2v) is 6.91. The van der Waals surface area contributed by atoms with E-state index in [0.717, 1.165) is 31.5 Å². The van der Waals surface area contributed by atoms with Crippen molar-refractivity contribution in [3.05, 3.63) is 35.4 Å². The lowest BCUT2D eigenvalue weighted by molar-refractivity contribution is -0.885. The molecule has 0 aliphatic carbocycles. The number of quaternary nitrogens is 1. The molecule has 6 heteroatoms. The Labute approximate surface area is 156 Å². The third kappa shape index (κ3) is 6.11. The molecule has 1 aromatic carbocycles. The first kappa shape index (κ1) is 20.4. The molecule has 0 aromatic heterocycles. The molecule has 1 aromatic rings. The van der Waals surface area contributed by atoms with Crippen molar-refractivity contribution in [3.8, 4) is 0 Å². The van der Waals surface area contributed by atoms with E-state index in [9.17, 15) is 4.79 Å². The molecule has 1 fully saturated rings. The van der Waals surface area contributed by atoms with Gasteiger partial charge in [-0.3, -0.25) is 4.79 Å². The molecule has 1 heterocycles. The predicted octanol–water partition coefficient (Wildman–Crippen LogP) is 1.15. The summed E-state index contributed by atoms with van der Waals surface area (Å²) in [5.74, 6) is -0.276. The number of aliphatic imine (C=N–C) groups is 1. The molecule has 144 valence electrons. The van der Waals surface area contributed by atoms with Gasteiger partial charge >= 0.3 is 0 Å². The van der Waals surface area contributed by atoms with Gasteiger partial charge in [-0.2, -0.15) is 4.99 Å². The Kier molecular flexibility index (Phi) is 8.06. The van der Waals surface area contributed by atoms with Gasteiger partial charge in [-0.15, -0.1) is 0 Å². The van der Waals surface area contributed by atoms with Crippen LogP contribution in [0.1, 0.15) is 35.7 Å². The van der Waals surface area contributed by atoms with Crippen molar-refractivity contribution >= 4 is 11.9 Å². The fraction of sp³-hybridized carbons (Fsp3) is 0.600. The first-order chi connectivity index (χ1) is 12.5. The number of hydrogen-bond donors (Lipinski definition) is 1. The molecule has 0 bridgehead atoms. The highest BCUT2D eigenvalue weighted by Crippen LogP contribution is 2.11. The number of likely N-dealkylation sites (tertiary alicyclic amines) is 1. The van der Waals surface area contributed by atoms with Crippen LogP contribution in [0.5, 0.6) is 0 Å². The van der Waals surface area contributed by atoms with Crippen LogP contribution in [0.25, 0.3) is 0 Å². The summed E-state index contributed by atoms with van der Waals surface area (Å²) in [7, 11) is 4.18. The minimum absolute atomic E-state index is 0.276. The SMILES string of the molecule is CCOCCOC(=NC(=O)c1ccc(C)cc1)N(C)C1CC[NH+](C)CC1. The van der Waals surface area contributed by atoms with Gasteiger partial charge in [-0.05, 0) is 26.0 Å². The average Bonchev–Trinajstić information content (AvgIpc) is 2.64. The Hall–Kier alpha value is -1.92. The van der Waals surface area contributed by atoms with Crippen molar-refractivity contribution < 1.29 is 19.2 Å². The molecule has 1 aliphatic heterocycles. The number of amides is 1. The summed E-state index contributed by atoms with van der Waals surface area (Å²) < 4.78 is 11.2. The Morgan fingerprint density at radius 1 is 1.23 bits per heavy atom. The maximum Gasteiger partial charge on any atom is 0.295 e. The van der Waals surface area contributed by atoms with E-state index in [0.29, 0.717) is 37.4 Å². The Morgan fingerprint density at radius 3 is 2.50 bits per heavy atom. The molecule has 1 saturated heterocycles. The van der Waals surface area contributed by atoms with Crippen molar-refractivity contribution in [1.82, 2.24) is 4.90 Å². The Balaban J connectivity index is 2.10. The molecule has 1 N–H and O–H groups in total. The number of nitrogens with one attached hydrogen (secondary N) is 1. The quantitative estimate of drug-likeness (QED) is 0.469. The average molecular weight is 362 g/mol. The molecule has 0 atom stereocenters. The highest BCUT2D eigenvalue weighted by Gasteiger charge is 2.26. The number of ether oxygens (including phenoxy) is 2. The van der Waals surface area contributed by atoms with Crippen LogP contribution in [-0.2, 0) is 9.47 Å². The number of carbonyl (C=O) groups is 1. The number of benzene rings is 1. The zero-order valence-electron chi connectivity index (χ0n) is 16.5. The topological polar surface area (TPSA) is 55.6 Å². The summed E-state index contributed by atoms with van der Waals surface area (Å²) in [5.41, 5.74) is 1.69. The van der Waals surface area contributed by atoms with E-state index in [2.05, 4.69) is 12.0 Å². The third-order valence-corrected chi connectivity index (χ3v) is 4.82. The molecule has 1 aliphatic rings. The second-order valence-electron chi connectivity index (χ2n) is 6.91. The van der Waals surface area contributed by atoms with Crippen molar-refractivity contribution in [3.63, 3.8) is 0 Å². The van der Waals surface area contributed by atoms with Crippen molar-refractivity contribution in [2.24, 2.45) is 4.99 Å². The summed E-state index contributed by atoms with van der Waals surface area (Å²) in [4.78, 5) is 20.4. The minimum atomic E-state index is -0.276. The maximum absolute atomic E-state index is 12.6. The first-order valence-corrected chi connectivity index (χ1v) is 9.45. The van der Waals surface area contributed by atoms with Crippen LogP contribution in [0.3, 0.4) is 0 Å². The van der Waals surface area contributed by atoms with Gasteiger partial charge in [0.05, 0.1) is 26.7 Å². The third-order valence-electron chi connectivity index (χ3n) is 4.82. The molecule has 2 rings (SSSR count). The molecule has 0 spiro atoms. The molecule has 1 amide bonds. The number of aryl methyl sites for hydroxylation is 1. The molecular weight excluding hydrogens is 330 g/mol. The second kappa shape index (κ2) is 10.3. The summed E-state index contributed by atoms with van der Waals surface area (Å²) in [5, 5.41) is 0. The summed E-state index contributed by atoms with van der Waals surface area (Å²) in [6, 6.07) is 8.18. The number of amidine groups is 1. The van der Waals surface area contributed by atoms with Gasteiger partial charge < -0.3 is 19.3 Å². The zero-order chi connectivity index (χ0) is 18.9. The van der Waals surface area contributed by atoms with Crippen molar-refractivity contribution in [1.29, 1.82) is 0 Å². The highest BCUT2D eigenvalue weighted by atomic mass is 16.5. The molecule has 6 nitrogen and oxygen atoms in total. The first-order valence-electron chi connectivity index (χ1n) is 9.45. The van der Waals surface area contributed by atoms with Crippen LogP contribution in [0.15, 0.2) is 29.3 Å². The Morgan fingerprint density at radius 2 is 1.88 bits per heavy atom. The number of carbonyl (C=O) groups excluding carboxylic acids is 1. The van der Waals surface area contributed by atoms with Crippen LogP contribution in [0, 0.1) is 6.92 Å². The van der Waals surface area contributed by atoms with E-state index in [1.165, 1.54) is 0 Å². The van der Waals surface area contributed by atoms with E-state index in [4.69, 9.17) is 9.47 Å². The smallest absolute Gasteiger partial charge is 0.295 e. The highest BCUT2D eigenvalue weighted by molar-refractivity contribution is 6.01. The van der Waals surface area contributed by atoms with Gasteiger partial charge in [0, 0.05) is 38.1 Å². The fourth-order valence-corrected chi connectivity index (χ4v) is 3.04. The fourth-order valence-electron chi connectivity index (χ4n) is 3.04. The number of piperidine rings is 1. The van der Waals surface area contributed by atoms with Crippen LogP contribution >= 0.6 is 0 Å². The van der Waals surface area contributed by atoms with Crippen molar-refractivity contribution in [2.75, 3.05) is 47.0 Å². The lowest BCUT2D eigenvalue weighted by Crippen LogP contribution is -3.10. The molecule has 0 saturated carbocycles. The monoisotopic (exact) mass is 362 g/mol. The lowest BCUT2D eigenvalue weighted by Gasteiger charge is -2.34. The molecular formula is C20H32N3O3+. The lowest BCUT2D eigenvalue weighted by atomic mass is 10.0. The van der Waals surface area contributed by atoms with Crippen LogP contribution < -0.4 is 4.90 Å². The van der Waals surface area contributed by atoms with Crippen molar-refractivity contribution in [2.45, 2.75) is 32.7 Å². The molecule has 0 radical (unpaired) electrons. The van der Waals surface area contributed by atoms with Crippen LogP contribution in [0.2, 0.25) is 0 Å². The van der Waals surface area contributed by atoms with E-state index >= 15 is 0 Å². The molecule has 26 heavy (non-hydrogen) atoms. The minimum Gasteiger partial charge on any atom is -0.462 e. The standard InChI is InChI=1S/C20H31N3O3/c1-5-25-14-15-26-20(23(4)18-10-12-22(3)13-11-18)21-19(24)17-8-6-16(2)7-9-17/h6-9,18H,5,10-15H2,1-4H3/p+1. The number of rotatable bonds is 6. The number of hydrogen-bond acceptors (Lipinski definition) is 3. The predicted molar refractivity (Wildman–Crippen MR) is 103 cm³/mol. The van der Waals surface area contributed by atoms with Crippen LogP contribution in [-0.4, -0.2) is 69.9 Å².